The van der Waals surface area contributed by atoms with Crippen molar-refractivity contribution in [2.45, 2.75) is 53.0 Å². The van der Waals surface area contributed by atoms with E-state index in [1.54, 1.807) is 13.8 Å². The molecule has 0 aromatic rings. The third-order valence-corrected chi connectivity index (χ3v) is 3.31. The zero-order valence-electron chi connectivity index (χ0n) is 11.3. The minimum Gasteiger partial charge on any atom is -0.356 e. The Morgan fingerprint density at radius 2 is 1.82 bits per heavy atom. The van der Waals surface area contributed by atoms with Crippen molar-refractivity contribution in [3.63, 3.8) is 0 Å². The van der Waals surface area contributed by atoms with Gasteiger partial charge in [-0.05, 0) is 30.6 Å². The minimum absolute atomic E-state index is 0.0180. The van der Waals surface area contributed by atoms with Gasteiger partial charge in [-0.2, -0.15) is 0 Å². The van der Waals surface area contributed by atoms with Crippen molar-refractivity contribution in [3.8, 4) is 0 Å². The summed E-state index contributed by atoms with van der Waals surface area (Å²) < 4.78 is 0. The fourth-order valence-corrected chi connectivity index (χ4v) is 2.94. The molecule has 2 N–H and O–H groups in total. The number of carbonyl (C=O) groups excluding carboxylic acids is 2. The highest BCUT2D eigenvalue weighted by Gasteiger charge is 2.34. The second kappa shape index (κ2) is 5.52. The van der Waals surface area contributed by atoms with E-state index in [2.05, 4.69) is 24.5 Å². The van der Waals surface area contributed by atoms with Crippen molar-refractivity contribution in [1.29, 1.82) is 0 Å². The molecular formula is C13H24N2O2. The normalized spacial score (nSPS) is 27.3. The molecule has 2 amide bonds. The van der Waals surface area contributed by atoms with Crippen LogP contribution in [0.25, 0.3) is 0 Å². The van der Waals surface area contributed by atoms with Gasteiger partial charge in [-0.25, -0.2) is 0 Å². The summed E-state index contributed by atoms with van der Waals surface area (Å²) in [6.45, 7) is 8.27. The standard InChI is InChI=1S/C13H24N2O2/c1-9(16)14-8-11-5-12(15-10(2)17)7-13(3,4)6-11/h11-12H,5-8H2,1-4H3,(H,14,16)(H,15,17). The first-order valence-electron chi connectivity index (χ1n) is 6.30. The van der Waals surface area contributed by atoms with Crippen molar-refractivity contribution in [3.05, 3.63) is 0 Å². The van der Waals surface area contributed by atoms with Crippen LogP contribution in [0.4, 0.5) is 0 Å². The summed E-state index contributed by atoms with van der Waals surface area (Å²) in [5, 5.41) is 5.88. The van der Waals surface area contributed by atoms with E-state index < -0.39 is 0 Å². The molecule has 17 heavy (non-hydrogen) atoms. The van der Waals surface area contributed by atoms with Crippen molar-refractivity contribution >= 4 is 11.8 Å². The molecule has 1 aliphatic carbocycles. The smallest absolute Gasteiger partial charge is 0.217 e. The van der Waals surface area contributed by atoms with E-state index in [-0.39, 0.29) is 23.3 Å². The molecule has 2 unspecified atom stereocenters. The Kier molecular flexibility index (Phi) is 4.54. The Morgan fingerprint density at radius 1 is 1.18 bits per heavy atom. The summed E-state index contributed by atoms with van der Waals surface area (Å²) in [6, 6.07) is 0.245. The highest BCUT2D eigenvalue weighted by Crippen LogP contribution is 2.38. The number of carbonyl (C=O) groups is 2. The largest absolute Gasteiger partial charge is 0.356 e. The maximum Gasteiger partial charge on any atom is 0.217 e. The molecule has 98 valence electrons. The number of hydrogen-bond acceptors (Lipinski definition) is 2. The van der Waals surface area contributed by atoms with Crippen LogP contribution in [0.5, 0.6) is 0 Å². The minimum atomic E-state index is 0.0180. The van der Waals surface area contributed by atoms with Gasteiger partial charge in [0.1, 0.15) is 0 Å². The quantitative estimate of drug-likeness (QED) is 0.784. The molecule has 0 saturated heterocycles. The van der Waals surface area contributed by atoms with Crippen LogP contribution in [0.1, 0.15) is 47.0 Å². The Balaban J connectivity index is 2.54. The summed E-state index contributed by atoms with van der Waals surface area (Å²) in [4.78, 5) is 22.0. The monoisotopic (exact) mass is 240 g/mol. The average Bonchev–Trinajstić information content (AvgIpc) is 2.10. The van der Waals surface area contributed by atoms with Crippen LogP contribution in [0.2, 0.25) is 0 Å². The van der Waals surface area contributed by atoms with Gasteiger partial charge in [0, 0.05) is 26.4 Å². The summed E-state index contributed by atoms with van der Waals surface area (Å²) >= 11 is 0. The topological polar surface area (TPSA) is 58.2 Å². The lowest BCUT2D eigenvalue weighted by Gasteiger charge is -2.40. The van der Waals surface area contributed by atoms with Crippen LogP contribution in [0.15, 0.2) is 0 Å². The second-order valence-corrected chi connectivity index (χ2v) is 6.01. The molecule has 0 aromatic heterocycles. The van der Waals surface area contributed by atoms with E-state index in [9.17, 15) is 9.59 Å². The van der Waals surface area contributed by atoms with E-state index in [4.69, 9.17) is 0 Å². The van der Waals surface area contributed by atoms with Crippen LogP contribution < -0.4 is 10.6 Å². The van der Waals surface area contributed by atoms with Crippen molar-refractivity contribution in [2.24, 2.45) is 11.3 Å². The predicted molar refractivity (Wildman–Crippen MR) is 67.4 cm³/mol. The van der Waals surface area contributed by atoms with Gasteiger partial charge in [0.15, 0.2) is 0 Å². The fourth-order valence-electron chi connectivity index (χ4n) is 2.94. The van der Waals surface area contributed by atoms with Crippen LogP contribution in [0, 0.1) is 11.3 Å². The van der Waals surface area contributed by atoms with Crippen molar-refractivity contribution < 1.29 is 9.59 Å². The first kappa shape index (κ1) is 14.0. The third-order valence-electron chi connectivity index (χ3n) is 3.31. The molecule has 4 heteroatoms. The number of nitrogens with one attached hydrogen (secondary N) is 2. The van der Waals surface area contributed by atoms with Gasteiger partial charge in [0.2, 0.25) is 11.8 Å². The summed E-state index contributed by atoms with van der Waals surface area (Å²) in [5.41, 5.74) is 0.231. The molecule has 1 aliphatic rings. The molecule has 0 radical (unpaired) electrons. The molecule has 0 aliphatic heterocycles. The molecule has 0 bridgehead atoms. The van der Waals surface area contributed by atoms with Gasteiger partial charge in [-0.15, -0.1) is 0 Å². The SMILES string of the molecule is CC(=O)NCC1CC(NC(C)=O)CC(C)(C)C1. The zero-order valence-corrected chi connectivity index (χ0v) is 11.3. The number of amides is 2. The van der Waals surface area contributed by atoms with E-state index in [0.29, 0.717) is 5.92 Å². The van der Waals surface area contributed by atoms with E-state index in [0.717, 1.165) is 25.8 Å². The van der Waals surface area contributed by atoms with Gasteiger partial charge in [0.05, 0.1) is 0 Å². The fraction of sp³-hybridized carbons (Fsp3) is 0.846. The lowest BCUT2D eigenvalue weighted by molar-refractivity contribution is -0.121. The molecular weight excluding hydrogens is 216 g/mol. The zero-order chi connectivity index (χ0) is 13.1. The first-order chi connectivity index (χ1) is 7.78. The van der Waals surface area contributed by atoms with Crippen LogP contribution in [0.3, 0.4) is 0 Å². The van der Waals surface area contributed by atoms with E-state index in [1.165, 1.54) is 0 Å². The molecule has 1 saturated carbocycles. The Labute approximate surface area is 104 Å². The lowest BCUT2D eigenvalue weighted by Crippen LogP contribution is -2.45. The highest BCUT2D eigenvalue weighted by atomic mass is 16.2. The second-order valence-electron chi connectivity index (χ2n) is 6.01. The van der Waals surface area contributed by atoms with E-state index >= 15 is 0 Å². The van der Waals surface area contributed by atoms with Crippen LogP contribution in [-0.2, 0) is 9.59 Å². The Morgan fingerprint density at radius 3 is 2.35 bits per heavy atom. The molecule has 0 heterocycles. The van der Waals surface area contributed by atoms with Gasteiger partial charge in [0.25, 0.3) is 0 Å². The van der Waals surface area contributed by atoms with Gasteiger partial charge in [-0.1, -0.05) is 13.8 Å². The summed E-state index contributed by atoms with van der Waals surface area (Å²) in [5.74, 6) is 0.509. The molecule has 0 spiro atoms. The number of rotatable bonds is 3. The summed E-state index contributed by atoms with van der Waals surface area (Å²) in [7, 11) is 0. The molecule has 1 fully saturated rings. The van der Waals surface area contributed by atoms with Crippen LogP contribution >= 0.6 is 0 Å². The Bertz CT molecular complexity index is 300. The lowest BCUT2D eigenvalue weighted by atomic mass is 9.70. The molecule has 0 aromatic carbocycles. The molecule has 4 nitrogen and oxygen atoms in total. The maximum atomic E-state index is 11.1. The first-order valence-corrected chi connectivity index (χ1v) is 6.30. The van der Waals surface area contributed by atoms with Crippen LogP contribution in [-0.4, -0.2) is 24.4 Å². The van der Waals surface area contributed by atoms with E-state index in [1.807, 2.05) is 0 Å². The Hall–Kier alpha value is -1.06. The van der Waals surface area contributed by atoms with Gasteiger partial charge < -0.3 is 10.6 Å². The van der Waals surface area contributed by atoms with Gasteiger partial charge >= 0.3 is 0 Å². The maximum absolute atomic E-state index is 11.1. The van der Waals surface area contributed by atoms with Gasteiger partial charge in [-0.3, -0.25) is 9.59 Å². The molecule has 2 atom stereocenters. The third kappa shape index (κ3) is 5.20. The predicted octanol–water partition coefficient (Wildman–Crippen LogP) is 1.45. The molecule has 1 rings (SSSR count). The highest BCUT2D eigenvalue weighted by molar-refractivity contribution is 5.73. The van der Waals surface area contributed by atoms with Crippen molar-refractivity contribution in [2.75, 3.05) is 6.54 Å². The summed E-state index contributed by atoms with van der Waals surface area (Å²) in [6.07, 6.45) is 3.08. The average molecular weight is 240 g/mol. The van der Waals surface area contributed by atoms with Crippen molar-refractivity contribution in [1.82, 2.24) is 10.6 Å². The number of hydrogen-bond donors (Lipinski definition) is 2.